The minimum absolute atomic E-state index is 0.0241. The number of carbonyl (C=O) groups is 2. The quantitative estimate of drug-likeness (QED) is 0.213. The average Bonchev–Trinajstić information content (AvgIpc) is 3.51. The molecule has 1 amide bonds. The predicted molar refractivity (Wildman–Crippen MR) is 158 cm³/mol. The van der Waals surface area contributed by atoms with E-state index in [1.54, 1.807) is 7.11 Å². The van der Waals surface area contributed by atoms with Crippen LogP contribution in [0.4, 0.5) is 4.79 Å². The van der Waals surface area contributed by atoms with E-state index in [0.717, 1.165) is 32.3 Å². The maximum Gasteiger partial charge on any atom is 0.407 e. The summed E-state index contributed by atoms with van der Waals surface area (Å²) in [5.74, 6) is -0.662. The first-order valence-electron chi connectivity index (χ1n) is 13.1. The summed E-state index contributed by atoms with van der Waals surface area (Å²) in [5.41, 5.74) is 7.03. The van der Waals surface area contributed by atoms with E-state index in [-0.39, 0.29) is 18.9 Å². The number of imidazole rings is 1. The van der Waals surface area contributed by atoms with Crippen LogP contribution < -0.4 is 10.1 Å². The number of aromatic nitrogens is 2. The van der Waals surface area contributed by atoms with Crippen LogP contribution >= 0.6 is 15.9 Å². The maximum absolute atomic E-state index is 13.0. The minimum atomic E-state index is -1.26. The van der Waals surface area contributed by atoms with Gasteiger partial charge in [-0.15, -0.1) is 0 Å². The van der Waals surface area contributed by atoms with Gasteiger partial charge in [-0.2, -0.15) is 0 Å². The van der Waals surface area contributed by atoms with E-state index in [9.17, 15) is 14.7 Å². The van der Waals surface area contributed by atoms with Gasteiger partial charge in [-0.1, -0.05) is 60.7 Å². The number of rotatable bonds is 8. The summed E-state index contributed by atoms with van der Waals surface area (Å²) in [6, 6.07) is 25.9. The fourth-order valence-corrected chi connectivity index (χ4v) is 5.78. The lowest BCUT2D eigenvalue weighted by molar-refractivity contribution is -0.139. The Bertz CT molecular complexity index is 1740. The number of hydrogen-bond acceptors (Lipinski definition) is 5. The highest BCUT2D eigenvalue weighted by molar-refractivity contribution is 9.10. The molecular formula is C32H26BrN3O5. The fraction of sp³-hybridized carbons (Fsp3) is 0.156. The third kappa shape index (κ3) is 5.16. The molecule has 1 aliphatic carbocycles. The maximum atomic E-state index is 13.0. The van der Waals surface area contributed by atoms with E-state index in [2.05, 4.69) is 33.4 Å². The van der Waals surface area contributed by atoms with E-state index in [1.807, 2.05) is 83.4 Å². The fourth-order valence-electron chi connectivity index (χ4n) is 5.44. The Balaban J connectivity index is 1.25. The van der Waals surface area contributed by atoms with Crippen LogP contribution in [0, 0.1) is 0 Å². The van der Waals surface area contributed by atoms with Crippen LogP contribution in [0.5, 0.6) is 5.75 Å². The Morgan fingerprint density at radius 1 is 1.00 bits per heavy atom. The molecule has 9 heteroatoms. The molecule has 206 valence electrons. The van der Waals surface area contributed by atoms with Crippen molar-refractivity contribution in [2.24, 2.45) is 0 Å². The molecule has 1 aliphatic rings. The van der Waals surface area contributed by atoms with E-state index in [4.69, 9.17) is 14.5 Å². The Morgan fingerprint density at radius 3 is 2.39 bits per heavy atom. The third-order valence-electron chi connectivity index (χ3n) is 7.36. The van der Waals surface area contributed by atoms with Gasteiger partial charge in [-0.05, 0) is 62.4 Å². The summed E-state index contributed by atoms with van der Waals surface area (Å²) in [5, 5.41) is 12.7. The number of nitrogens with zero attached hydrogens (tertiary/aromatic N) is 2. The molecule has 2 N–H and O–H groups in total. The molecule has 6 rings (SSSR count). The summed E-state index contributed by atoms with van der Waals surface area (Å²) >= 11 is 3.49. The second kappa shape index (κ2) is 11.1. The first-order chi connectivity index (χ1) is 19.9. The molecule has 1 unspecified atom stereocenters. The number of aliphatic carboxylic acids is 1. The van der Waals surface area contributed by atoms with Gasteiger partial charge in [0.1, 0.15) is 24.0 Å². The normalized spacial score (nSPS) is 12.9. The highest BCUT2D eigenvalue weighted by Crippen LogP contribution is 2.44. The van der Waals surface area contributed by atoms with Gasteiger partial charge in [0.15, 0.2) is 0 Å². The van der Waals surface area contributed by atoms with Gasteiger partial charge in [0.25, 0.3) is 0 Å². The van der Waals surface area contributed by atoms with E-state index < -0.39 is 18.1 Å². The number of alkyl carbamates (subject to hydrolysis) is 1. The smallest absolute Gasteiger partial charge is 0.407 e. The molecule has 2 heterocycles. The number of nitrogens with one attached hydrogen (secondary N) is 1. The number of methoxy groups -OCH3 is 1. The number of fused-ring (bicyclic) bond motifs is 4. The Morgan fingerprint density at radius 2 is 1.71 bits per heavy atom. The first kappa shape index (κ1) is 26.6. The van der Waals surface area contributed by atoms with Gasteiger partial charge < -0.3 is 24.3 Å². The number of carbonyl (C=O) groups excluding carboxylic acids is 1. The number of pyridine rings is 1. The van der Waals surface area contributed by atoms with Crippen molar-refractivity contribution in [2.45, 2.75) is 18.4 Å². The number of hydrogen-bond donors (Lipinski definition) is 2. The predicted octanol–water partition coefficient (Wildman–Crippen LogP) is 6.31. The van der Waals surface area contributed by atoms with Gasteiger partial charge in [-0.25, -0.2) is 14.6 Å². The van der Waals surface area contributed by atoms with Crippen molar-refractivity contribution in [3.8, 4) is 28.1 Å². The number of amides is 1. The SMILES string of the molecule is COc1cccc(-c2nc3ccc(Br)cn3c2CC(NC(=O)OCC2c3ccccc3-c3ccccc32)C(=O)O)c1. The Hall–Kier alpha value is -4.63. The Kier molecular flexibility index (Phi) is 7.19. The number of carboxylic acid groups (broad SMARTS) is 1. The average molecular weight is 612 g/mol. The van der Waals surface area contributed by atoms with Crippen molar-refractivity contribution < 1.29 is 24.2 Å². The molecule has 5 aromatic rings. The summed E-state index contributed by atoms with van der Waals surface area (Å²) < 4.78 is 13.6. The summed E-state index contributed by atoms with van der Waals surface area (Å²) in [7, 11) is 1.58. The van der Waals surface area contributed by atoms with Gasteiger partial charge in [0.2, 0.25) is 0 Å². The molecule has 0 saturated heterocycles. The van der Waals surface area contributed by atoms with E-state index >= 15 is 0 Å². The number of benzene rings is 3. The second-order valence-corrected chi connectivity index (χ2v) is 10.7. The third-order valence-corrected chi connectivity index (χ3v) is 7.82. The standard InChI is InChI=1S/C32H26BrN3O5/c1-40-21-8-6-7-19(15-21)30-28(36-17-20(33)13-14-29(36)35-30)16-27(31(37)38)34-32(39)41-18-26-24-11-4-2-9-22(24)23-10-3-5-12-25(23)26/h2-15,17,26-27H,16,18H2,1H3,(H,34,39)(H,37,38). The molecule has 41 heavy (non-hydrogen) atoms. The molecule has 0 spiro atoms. The highest BCUT2D eigenvalue weighted by Gasteiger charge is 2.30. The zero-order valence-corrected chi connectivity index (χ0v) is 23.7. The molecule has 0 radical (unpaired) electrons. The lowest BCUT2D eigenvalue weighted by atomic mass is 9.98. The Labute approximate surface area is 244 Å². The zero-order chi connectivity index (χ0) is 28.5. The lowest BCUT2D eigenvalue weighted by Crippen LogP contribution is -2.43. The van der Waals surface area contributed by atoms with Gasteiger partial charge in [-0.3, -0.25) is 0 Å². The van der Waals surface area contributed by atoms with Crippen molar-refractivity contribution in [2.75, 3.05) is 13.7 Å². The molecule has 0 saturated carbocycles. The summed E-state index contributed by atoms with van der Waals surface area (Å²) in [6.45, 7) is 0.0871. The van der Waals surface area contributed by atoms with Crippen molar-refractivity contribution >= 4 is 33.6 Å². The summed E-state index contributed by atoms with van der Waals surface area (Å²) in [6.07, 6.45) is 1.01. The monoisotopic (exact) mass is 611 g/mol. The number of halogens is 1. The number of carboxylic acids is 1. The van der Waals surface area contributed by atoms with Crippen LogP contribution in [0.15, 0.2) is 95.6 Å². The van der Waals surface area contributed by atoms with Crippen molar-refractivity contribution in [3.63, 3.8) is 0 Å². The van der Waals surface area contributed by atoms with Crippen LogP contribution in [0.1, 0.15) is 22.7 Å². The molecule has 8 nitrogen and oxygen atoms in total. The molecular weight excluding hydrogens is 586 g/mol. The van der Waals surface area contributed by atoms with Crippen LogP contribution in [0.3, 0.4) is 0 Å². The van der Waals surface area contributed by atoms with Crippen molar-refractivity contribution in [1.82, 2.24) is 14.7 Å². The van der Waals surface area contributed by atoms with Crippen LogP contribution in [-0.4, -0.2) is 46.3 Å². The summed E-state index contributed by atoms with van der Waals surface area (Å²) in [4.78, 5) is 30.1. The molecule has 2 aromatic heterocycles. The van der Waals surface area contributed by atoms with Gasteiger partial charge in [0, 0.05) is 28.6 Å². The zero-order valence-electron chi connectivity index (χ0n) is 22.1. The molecule has 0 fully saturated rings. The number of ether oxygens (including phenoxy) is 2. The van der Waals surface area contributed by atoms with Crippen LogP contribution in [0.2, 0.25) is 0 Å². The van der Waals surface area contributed by atoms with Gasteiger partial charge in [0.05, 0.1) is 18.5 Å². The molecule has 0 bridgehead atoms. The molecule has 3 aromatic carbocycles. The topological polar surface area (TPSA) is 102 Å². The van der Waals surface area contributed by atoms with Crippen LogP contribution in [0.25, 0.3) is 28.0 Å². The largest absolute Gasteiger partial charge is 0.497 e. The molecule has 1 atom stereocenters. The lowest BCUT2D eigenvalue weighted by Gasteiger charge is -2.18. The minimum Gasteiger partial charge on any atom is -0.497 e. The van der Waals surface area contributed by atoms with E-state index in [1.165, 1.54) is 0 Å². The van der Waals surface area contributed by atoms with E-state index in [0.29, 0.717) is 22.8 Å². The first-order valence-corrected chi connectivity index (χ1v) is 13.9. The van der Waals surface area contributed by atoms with Gasteiger partial charge >= 0.3 is 12.1 Å². The van der Waals surface area contributed by atoms with Crippen molar-refractivity contribution in [1.29, 1.82) is 0 Å². The molecule has 0 aliphatic heterocycles. The second-order valence-electron chi connectivity index (χ2n) is 9.78. The highest BCUT2D eigenvalue weighted by atomic mass is 79.9. The van der Waals surface area contributed by atoms with Crippen molar-refractivity contribution in [3.05, 3.63) is 112 Å². The van der Waals surface area contributed by atoms with Crippen LogP contribution in [-0.2, 0) is 16.0 Å².